The third-order valence-electron chi connectivity index (χ3n) is 3.97. The zero-order chi connectivity index (χ0) is 14.8. The van der Waals surface area contributed by atoms with Gasteiger partial charge in [0.05, 0.1) is 5.39 Å². The van der Waals surface area contributed by atoms with E-state index in [0.29, 0.717) is 39.0 Å². The molecule has 0 saturated heterocycles. The fraction of sp³-hybridized carbons (Fsp3) is 0.118. The van der Waals surface area contributed by atoms with Crippen molar-refractivity contribution < 1.29 is 18.3 Å². The smallest absolute Gasteiger partial charge is 0.348 e. The Kier molecular flexibility index (Phi) is 2.03. The summed E-state index contributed by atoms with van der Waals surface area (Å²) in [5.41, 5.74) is 2.25. The van der Waals surface area contributed by atoms with Crippen LogP contribution in [-0.4, -0.2) is 6.79 Å². The molecule has 0 saturated carbocycles. The molecule has 0 spiro atoms. The normalized spacial score (nSPS) is 13.5. The standard InChI is InChI=1S/C17H10O5/c1-8-2-3-9-11(4-8)22-17(18)15-10-5-13-14(20-7-19-13)6-12(10)21-16(9)15/h2-6H,7H2,1H3. The second-order valence-corrected chi connectivity index (χ2v) is 5.40. The molecule has 0 radical (unpaired) electrons. The fourth-order valence-corrected chi connectivity index (χ4v) is 2.93. The lowest BCUT2D eigenvalue weighted by atomic mass is 10.1. The van der Waals surface area contributed by atoms with Crippen LogP contribution >= 0.6 is 0 Å². The predicted octanol–water partition coefficient (Wildman–Crippen LogP) is 3.73. The minimum atomic E-state index is -0.411. The van der Waals surface area contributed by atoms with Crippen LogP contribution in [0.5, 0.6) is 11.5 Å². The van der Waals surface area contributed by atoms with Crippen molar-refractivity contribution in [1.29, 1.82) is 0 Å². The van der Waals surface area contributed by atoms with Gasteiger partial charge in [-0.1, -0.05) is 6.07 Å². The summed E-state index contributed by atoms with van der Waals surface area (Å²) in [6.45, 7) is 2.12. The van der Waals surface area contributed by atoms with Gasteiger partial charge in [-0.3, -0.25) is 0 Å². The zero-order valence-electron chi connectivity index (χ0n) is 11.6. The van der Waals surface area contributed by atoms with Crippen molar-refractivity contribution in [3.05, 3.63) is 46.3 Å². The Labute approximate surface area is 123 Å². The molecular formula is C17H10O5. The first-order chi connectivity index (χ1) is 10.7. The number of furan rings is 1. The number of ether oxygens (including phenoxy) is 2. The van der Waals surface area contributed by atoms with Gasteiger partial charge in [-0.25, -0.2) is 4.79 Å². The Morgan fingerprint density at radius 1 is 0.909 bits per heavy atom. The van der Waals surface area contributed by atoms with Gasteiger partial charge in [0.25, 0.3) is 0 Å². The Morgan fingerprint density at radius 2 is 1.68 bits per heavy atom. The minimum Gasteiger partial charge on any atom is -0.455 e. The Balaban J connectivity index is 2.02. The molecule has 4 aromatic rings. The van der Waals surface area contributed by atoms with Crippen LogP contribution < -0.4 is 15.1 Å². The number of fused-ring (bicyclic) bond motifs is 6. The third-order valence-corrected chi connectivity index (χ3v) is 3.97. The molecule has 2 aromatic heterocycles. The number of rotatable bonds is 0. The van der Waals surface area contributed by atoms with Gasteiger partial charge in [0.1, 0.15) is 16.6 Å². The van der Waals surface area contributed by atoms with Crippen LogP contribution in [0.4, 0.5) is 0 Å². The molecule has 0 unspecified atom stereocenters. The van der Waals surface area contributed by atoms with Crippen molar-refractivity contribution in [2.75, 3.05) is 6.79 Å². The topological polar surface area (TPSA) is 61.8 Å². The average Bonchev–Trinajstić information content (AvgIpc) is 3.07. The van der Waals surface area contributed by atoms with E-state index >= 15 is 0 Å². The highest BCUT2D eigenvalue weighted by molar-refractivity contribution is 6.13. The third kappa shape index (κ3) is 1.40. The summed E-state index contributed by atoms with van der Waals surface area (Å²) in [6.07, 6.45) is 0. The van der Waals surface area contributed by atoms with Gasteiger partial charge < -0.3 is 18.3 Å². The molecule has 108 valence electrons. The van der Waals surface area contributed by atoms with E-state index in [0.717, 1.165) is 10.9 Å². The lowest BCUT2D eigenvalue weighted by molar-refractivity contribution is 0.174. The first-order valence-electron chi connectivity index (χ1n) is 6.90. The lowest BCUT2D eigenvalue weighted by Crippen LogP contribution is -1.98. The molecule has 0 N–H and O–H groups in total. The number of hydrogen-bond acceptors (Lipinski definition) is 5. The maximum Gasteiger partial charge on any atom is 0.348 e. The number of hydrogen-bond donors (Lipinski definition) is 0. The SMILES string of the molecule is Cc1ccc2c(c1)oc(=O)c1c3cc4c(cc3oc21)OCO4. The van der Waals surface area contributed by atoms with Crippen LogP contribution in [0.1, 0.15) is 5.56 Å². The Morgan fingerprint density at radius 3 is 2.55 bits per heavy atom. The van der Waals surface area contributed by atoms with Gasteiger partial charge in [-0.05, 0) is 30.7 Å². The van der Waals surface area contributed by atoms with Crippen molar-refractivity contribution in [1.82, 2.24) is 0 Å². The summed E-state index contributed by atoms with van der Waals surface area (Å²) < 4.78 is 22.1. The molecule has 0 fully saturated rings. The molecule has 1 aliphatic heterocycles. The summed E-state index contributed by atoms with van der Waals surface area (Å²) in [5.74, 6) is 1.23. The van der Waals surface area contributed by atoms with Crippen LogP contribution in [0.3, 0.4) is 0 Å². The second-order valence-electron chi connectivity index (χ2n) is 5.40. The molecule has 0 atom stereocenters. The molecule has 22 heavy (non-hydrogen) atoms. The van der Waals surface area contributed by atoms with Crippen molar-refractivity contribution in [3.8, 4) is 11.5 Å². The molecule has 0 aliphatic carbocycles. The van der Waals surface area contributed by atoms with E-state index in [1.54, 1.807) is 12.1 Å². The molecule has 1 aliphatic rings. The molecule has 0 amide bonds. The van der Waals surface area contributed by atoms with E-state index < -0.39 is 5.63 Å². The molecule has 5 rings (SSSR count). The summed E-state index contributed by atoms with van der Waals surface area (Å²) >= 11 is 0. The van der Waals surface area contributed by atoms with E-state index in [4.69, 9.17) is 18.3 Å². The van der Waals surface area contributed by atoms with Crippen LogP contribution in [0.25, 0.3) is 32.9 Å². The van der Waals surface area contributed by atoms with E-state index in [1.165, 1.54) is 0 Å². The van der Waals surface area contributed by atoms with Gasteiger partial charge in [-0.15, -0.1) is 0 Å². The van der Waals surface area contributed by atoms with Gasteiger partial charge in [0, 0.05) is 11.5 Å². The fourth-order valence-electron chi connectivity index (χ4n) is 2.93. The maximum atomic E-state index is 12.4. The molecule has 0 bridgehead atoms. The van der Waals surface area contributed by atoms with Gasteiger partial charge in [0.15, 0.2) is 17.1 Å². The van der Waals surface area contributed by atoms with Crippen molar-refractivity contribution >= 4 is 32.9 Å². The van der Waals surface area contributed by atoms with E-state index in [9.17, 15) is 4.79 Å². The maximum absolute atomic E-state index is 12.4. The quantitative estimate of drug-likeness (QED) is 0.462. The number of benzene rings is 2. The Hall–Kier alpha value is -2.95. The van der Waals surface area contributed by atoms with Crippen molar-refractivity contribution in [2.45, 2.75) is 6.92 Å². The van der Waals surface area contributed by atoms with Crippen LogP contribution in [0, 0.1) is 6.92 Å². The predicted molar refractivity (Wildman–Crippen MR) is 80.6 cm³/mol. The highest BCUT2D eigenvalue weighted by Gasteiger charge is 2.21. The monoisotopic (exact) mass is 294 g/mol. The first kappa shape index (κ1) is 11.7. The summed E-state index contributed by atoms with van der Waals surface area (Å²) in [4.78, 5) is 12.4. The van der Waals surface area contributed by atoms with E-state index in [-0.39, 0.29) is 6.79 Å². The van der Waals surface area contributed by atoms with Crippen molar-refractivity contribution in [2.24, 2.45) is 0 Å². The van der Waals surface area contributed by atoms with Gasteiger partial charge in [-0.2, -0.15) is 0 Å². The van der Waals surface area contributed by atoms with Crippen molar-refractivity contribution in [3.63, 3.8) is 0 Å². The van der Waals surface area contributed by atoms with Gasteiger partial charge in [0.2, 0.25) is 6.79 Å². The molecule has 5 heteroatoms. The molecule has 5 nitrogen and oxygen atoms in total. The average molecular weight is 294 g/mol. The van der Waals surface area contributed by atoms with E-state index in [2.05, 4.69) is 0 Å². The molecular weight excluding hydrogens is 284 g/mol. The summed E-state index contributed by atoms with van der Waals surface area (Å²) in [6, 6.07) is 9.20. The zero-order valence-corrected chi connectivity index (χ0v) is 11.6. The number of aryl methyl sites for hydroxylation is 1. The second kappa shape index (κ2) is 3.82. The van der Waals surface area contributed by atoms with E-state index in [1.807, 2.05) is 25.1 Å². The highest BCUT2D eigenvalue weighted by Crippen LogP contribution is 2.40. The Bertz CT molecular complexity index is 1130. The highest BCUT2D eigenvalue weighted by atomic mass is 16.7. The summed E-state index contributed by atoms with van der Waals surface area (Å²) in [7, 11) is 0. The molecule has 2 aromatic carbocycles. The van der Waals surface area contributed by atoms with Crippen LogP contribution in [0.15, 0.2) is 44.0 Å². The largest absolute Gasteiger partial charge is 0.455 e. The molecule has 3 heterocycles. The van der Waals surface area contributed by atoms with Crippen LogP contribution in [0.2, 0.25) is 0 Å². The summed E-state index contributed by atoms with van der Waals surface area (Å²) in [5, 5.41) is 1.89. The lowest BCUT2D eigenvalue weighted by Gasteiger charge is -1.98. The first-order valence-corrected chi connectivity index (χ1v) is 6.90. The van der Waals surface area contributed by atoms with Crippen LogP contribution in [-0.2, 0) is 0 Å². The van der Waals surface area contributed by atoms with Gasteiger partial charge >= 0.3 is 5.63 Å². The minimum absolute atomic E-state index is 0.177.